The summed E-state index contributed by atoms with van der Waals surface area (Å²) in [5.41, 5.74) is -0.112. The summed E-state index contributed by atoms with van der Waals surface area (Å²) < 4.78 is 18.6. The first kappa shape index (κ1) is 11.3. The van der Waals surface area contributed by atoms with Crippen molar-refractivity contribution in [1.82, 2.24) is 0 Å². The molecule has 1 aromatic rings. The molecule has 0 saturated heterocycles. The van der Waals surface area contributed by atoms with E-state index in [1.807, 2.05) is 0 Å². The normalized spacial score (nSPS) is 14.9. The molecule has 5 heteroatoms. The Labute approximate surface area is 97.2 Å². The lowest BCUT2D eigenvalue weighted by molar-refractivity contribution is -0.423. The van der Waals surface area contributed by atoms with Gasteiger partial charge in [-0.1, -0.05) is 12.1 Å². The zero-order valence-corrected chi connectivity index (χ0v) is 8.93. The minimum Gasteiger partial charge on any atom is -0.447 e. The van der Waals surface area contributed by atoms with Crippen molar-refractivity contribution < 1.29 is 14.1 Å². The third-order valence-corrected chi connectivity index (χ3v) is 2.34. The Morgan fingerprint density at radius 1 is 1.24 bits per heavy atom. The topological polar surface area (TPSA) is 52.4 Å². The number of para-hydroxylation sites is 1. The van der Waals surface area contributed by atoms with Crippen molar-refractivity contribution in [2.24, 2.45) is 0 Å². The molecule has 1 aliphatic carbocycles. The van der Waals surface area contributed by atoms with Crippen LogP contribution >= 0.6 is 0 Å². The Hall–Kier alpha value is -2.17. The van der Waals surface area contributed by atoms with Crippen LogP contribution in [0.3, 0.4) is 0 Å². The summed E-state index contributed by atoms with van der Waals surface area (Å²) in [5, 5.41) is 10.8. The predicted molar refractivity (Wildman–Crippen MR) is 59.4 cm³/mol. The molecule has 0 aromatic heterocycles. The molecule has 17 heavy (non-hydrogen) atoms. The van der Waals surface area contributed by atoms with Crippen LogP contribution in [-0.4, -0.2) is 4.92 Å². The lowest BCUT2D eigenvalue weighted by Gasteiger charge is -2.11. The van der Waals surface area contributed by atoms with Gasteiger partial charge in [0.05, 0.1) is 4.92 Å². The maximum atomic E-state index is 13.3. The molecular weight excluding hydrogens is 225 g/mol. The average molecular weight is 235 g/mol. The van der Waals surface area contributed by atoms with E-state index in [0.29, 0.717) is 12.8 Å². The van der Waals surface area contributed by atoms with E-state index in [4.69, 9.17) is 4.74 Å². The fourth-order valence-corrected chi connectivity index (χ4v) is 1.54. The van der Waals surface area contributed by atoms with Crippen molar-refractivity contribution in [2.45, 2.75) is 12.8 Å². The number of hydrogen-bond acceptors (Lipinski definition) is 3. The maximum absolute atomic E-state index is 13.3. The number of hydrogen-bond donors (Lipinski definition) is 0. The van der Waals surface area contributed by atoms with E-state index in [2.05, 4.69) is 0 Å². The van der Waals surface area contributed by atoms with Gasteiger partial charge < -0.3 is 4.74 Å². The smallest absolute Gasteiger partial charge is 0.307 e. The minimum atomic E-state index is -0.540. The first-order valence-electron chi connectivity index (χ1n) is 5.16. The molecule has 4 nitrogen and oxygen atoms in total. The van der Waals surface area contributed by atoms with Crippen LogP contribution in [-0.2, 0) is 0 Å². The molecule has 0 saturated carbocycles. The highest BCUT2D eigenvalue weighted by Gasteiger charge is 2.22. The largest absolute Gasteiger partial charge is 0.447 e. The fourth-order valence-electron chi connectivity index (χ4n) is 1.54. The first-order chi connectivity index (χ1) is 8.18. The third-order valence-electron chi connectivity index (χ3n) is 2.34. The number of benzene rings is 1. The third kappa shape index (κ3) is 2.50. The quantitative estimate of drug-likeness (QED) is 0.597. The lowest BCUT2D eigenvalue weighted by atomic mass is 10.1. The molecule has 0 bridgehead atoms. The van der Waals surface area contributed by atoms with Crippen molar-refractivity contribution in [2.75, 3.05) is 0 Å². The predicted octanol–water partition coefficient (Wildman–Crippen LogP) is 3.04. The zero-order chi connectivity index (χ0) is 12.3. The van der Waals surface area contributed by atoms with Gasteiger partial charge in [0, 0.05) is 0 Å². The van der Waals surface area contributed by atoms with Gasteiger partial charge in [0.2, 0.25) is 5.76 Å². The SMILES string of the molecule is O=[N+]([O-])C1=CCCC=C1Oc1ccccc1F. The molecular formula is C12H10FNO3. The first-order valence-corrected chi connectivity index (χ1v) is 5.16. The molecule has 2 rings (SSSR count). The van der Waals surface area contributed by atoms with Crippen molar-refractivity contribution in [1.29, 1.82) is 0 Å². The van der Waals surface area contributed by atoms with Gasteiger partial charge in [-0.15, -0.1) is 0 Å². The summed E-state index contributed by atoms with van der Waals surface area (Å²) in [6.45, 7) is 0. The standard InChI is InChI=1S/C12H10FNO3/c13-9-5-1-3-7-11(9)17-12-8-4-2-6-10(12)14(15)16/h1,3,5-8H,2,4H2. The minimum absolute atomic E-state index is 0.00611. The molecule has 0 spiro atoms. The summed E-state index contributed by atoms with van der Waals surface area (Å²) in [4.78, 5) is 10.2. The van der Waals surface area contributed by atoms with Crippen LogP contribution in [0, 0.1) is 15.9 Å². The van der Waals surface area contributed by atoms with Crippen molar-refractivity contribution in [3.63, 3.8) is 0 Å². The highest BCUT2D eigenvalue weighted by Crippen LogP contribution is 2.25. The Kier molecular flexibility index (Phi) is 3.18. The summed E-state index contributed by atoms with van der Waals surface area (Å²) in [7, 11) is 0. The maximum Gasteiger partial charge on any atom is 0.307 e. The van der Waals surface area contributed by atoms with E-state index in [0.717, 1.165) is 0 Å². The molecule has 0 N–H and O–H groups in total. The molecule has 1 aliphatic rings. The summed E-state index contributed by atoms with van der Waals surface area (Å²) in [6, 6.07) is 5.82. The van der Waals surface area contributed by atoms with E-state index in [1.54, 1.807) is 12.1 Å². The highest BCUT2D eigenvalue weighted by molar-refractivity contribution is 5.31. The summed E-state index contributed by atoms with van der Waals surface area (Å²) in [6.07, 6.45) is 4.34. The Morgan fingerprint density at radius 3 is 2.65 bits per heavy atom. The highest BCUT2D eigenvalue weighted by atomic mass is 19.1. The molecule has 1 aromatic carbocycles. The van der Waals surface area contributed by atoms with E-state index in [-0.39, 0.29) is 17.2 Å². The number of halogens is 1. The van der Waals surface area contributed by atoms with Crippen molar-refractivity contribution >= 4 is 0 Å². The van der Waals surface area contributed by atoms with Gasteiger partial charge in [-0.2, -0.15) is 0 Å². The molecule has 0 radical (unpaired) electrons. The molecule has 0 fully saturated rings. The van der Waals surface area contributed by atoms with E-state index in [1.165, 1.54) is 24.3 Å². The fraction of sp³-hybridized carbons (Fsp3) is 0.167. The number of nitrogens with zero attached hydrogens (tertiary/aromatic N) is 1. The second-order valence-electron chi connectivity index (χ2n) is 3.52. The number of nitro groups is 1. The van der Waals surface area contributed by atoms with Gasteiger partial charge >= 0.3 is 5.70 Å². The van der Waals surface area contributed by atoms with Crippen LogP contribution in [0.15, 0.2) is 47.9 Å². The van der Waals surface area contributed by atoms with E-state index >= 15 is 0 Å². The van der Waals surface area contributed by atoms with E-state index in [9.17, 15) is 14.5 Å². The molecule has 0 amide bonds. The summed E-state index contributed by atoms with van der Waals surface area (Å²) >= 11 is 0. The number of rotatable bonds is 3. The molecule has 0 unspecified atom stereocenters. The monoisotopic (exact) mass is 235 g/mol. The van der Waals surface area contributed by atoms with Crippen LogP contribution in [0.2, 0.25) is 0 Å². The van der Waals surface area contributed by atoms with Crippen LogP contribution in [0.1, 0.15) is 12.8 Å². The van der Waals surface area contributed by atoms with Gasteiger partial charge in [-0.25, -0.2) is 4.39 Å². The molecule has 0 atom stereocenters. The van der Waals surface area contributed by atoms with Crippen LogP contribution in [0.25, 0.3) is 0 Å². The average Bonchev–Trinajstić information content (AvgIpc) is 2.32. The Bertz CT molecular complexity index is 508. The van der Waals surface area contributed by atoms with Crippen LogP contribution in [0.5, 0.6) is 5.75 Å². The zero-order valence-electron chi connectivity index (χ0n) is 8.93. The van der Waals surface area contributed by atoms with Gasteiger partial charge in [0.1, 0.15) is 0 Å². The number of allylic oxidation sites excluding steroid dienone is 2. The van der Waals surface area contributed by atoms with Gasteiger partial charge in [0.25, 0.3) is 0 Å². The van der Waals surface area contributed by atoms with Crippen LogP contribution in [0.4, 0.5) is 4.39 Å². The van der Waals surface area contributed by atoms with Crippen LogP contribution < -0.4 is 4.74 Å². The lowest BCUT2D eigenvalue weighted by Crippen LogP contribution is -2.10. The molecule has 0 heterocycles. The molecule has 0 aliphatic heterocycles. The van der Waals surface area contributed by atoms with Gasteiger partial charge in [-0.05, 0) is 37.1 Å². The number of ether oxygens (including phenoxy) is 1. The van der Waals surface area contributed by atoms with E-state index < -0.39 is 10.7 Å². The van der Waals surface area contributed by atoms with Crippen molar-refractivity contribution in [3.05, 3.63) is 63.8 Å². The second-order valence-corrected chi connectivity index (χ2v) is 3.52. The van der Waals surface area contributed by atoms with Gasteiger partial charge in [0.15, 0.2) is 11.6 Å². The molecule has 88 valence electrons. The van der Waals surface area contributed by atoms with Crippen molar-refractivity contribution in [3.8, 4) is 5.75 Å². The Balaban J connectivity index is 2.24. The van der Waals surface area contributed by atoms with Gasteiger partial charge in [-0.3, -0.25) is 10.1 Å². The summed E-state index contributed by atoms with van der Waals surface area (Å²) in [5.74, 6) is -0.443. The Morgan fingerprint density at radius 2 is 1.94 bits per heavy atom. The second kappa shape index (κ2) is 4.78.